The number of rotatable bonds is 5. The van der Waals surface area contributed by atoms with Gasteiger partial charge in [0, 0.05) is 11.3 Å². The first kappa shape index (κ1) is 15.3. The number of carbonyl (C=O) groups excluding carboxylic acids is 1. The van der Waals surface area contributed by atoms with Crippen LogP contribution in [0.15, 0.2) is 48.5 Å². The molecule has 3 N–H and O–H groups in total. The Balaban J connectivity index is 1.89. The summed E-state index contributed by atoms with van der Waals surface area (Å²) in [4.78, 5) is 12.1. The summed E-state index contributed by atoms with van der Waals surface area (Å²) in [6.45, 7) is 6.61. The van der Waals surface area contributed by atoms with Gasteiger partial charge in [-0.05, 0) is 38.0 Å². The van der Waals surface area contributed by atoms with E-state index in [4.69, 9.17) is 0 Å². The van der Waals surface area contributed by atoms with Crippen LogP contribution in [0.1, 0.15) is 29.7 Å². The van der Waals surface area contributed by atoms with E-state index in [0.717, 1.165) is 11.3 Å². The molecule has 1 amide bonds. The van der Waals surface area contributed by atoms with E-state index in [2.05, 4.69) is 42.7 Å². The molecule has 2 aromatic carbocycles. The maximum absolute atomic E-state index is 12.1. The first-order valence-corrected chi connectivity index (χ1v) is 7.32. The van der Waals surface area contributed by atoms with E-state index in [1.807, 2.05) is 37.3 Å². The molecule has 110 valence electrons. The van der Waals surface area contributed by atoms with E-state index in [-0.39, 0.29) is 11.9 Å². The number of carbonyl (C=O) groups is 1. The summed E-state index contributed by atoms with van der Waals surface area (Å²) in [5.74, 6) is 0.0338. The van der Waals surface area contributed by atoms with Crippen LogP contribution in [0.2, 0.25) is 0 Å². The van der Waals surface area contributed by atoms with Crippen molar-refractivity contribution in [3.63, 3.8) is 0 Å². The molecule has 0 saturated carbocycles. The lowest BCUT2D eigenvalue weighted by molar-refractivity contribution is -0.682. The Kier molecular flexibility index (Phi) is 5.12. The molecule has 1 atom stereocenters. The van der Waals surface area contributed by atoms with Crippen LogP contribution in [0, 0.1) is 13.8 Å². The lowest BCUT2D eigenvalue weighted by atomic mass is 10.1. The first-order chi connectivity index (χ1) is 10.1. The number of amides is 1. The summed E-state index contributed by atoms with van der Waals surface area (Å²) in [7, 11) is 0. The highest BCUT2D eigenvalue weighted by Gasteiger charge is 2.12. The summed E-state index contributed by atoms with van der Waals surface area (Å²) in [6.07, 6.45) is 0. The fourth-order valence-corrected chi connectivity index (χ4v) is 2.26. The number of aryl methyl sites for hydroxylation is 1. The predicted molar refractivity (Wildman–Crippen MR) is 86.2 cm³/mol. The summed E-state index contributed by atoms with van der Waals surface area (Å²) in [5.41, 5.74) is 4.45. The monoisotopic (exact) mass is 283 g/mol. The highest BCUT2D eigenvalue weighted by Crippen LogP contribution is 2.17. The van der Waals surface area contributed by atoms with Crippen LogP contribution in [0.25, 0.3) is 0 Å². The van der Waals surface area contributed by atoms with Crippen molar-refractivity contribution < 1.29 is 10.1 Å². The van der Waals surface area contributed by atoms with Crippen molar-refractivity contribution >= 4 is 11.6 Å². The molecule has 0 bridgehead atoms. The average Bonchev–Trinajstić information content (AvgIpc) is 2.50. The third-order valence-corrected chi connectivity index (χ3v) is 3.86. The van der Waals surface area contributed by atoms with Crippen LogP contribution < -0.4 is 10.6 Å². The van der Waals surface area contributed by atoms with E-state index in [0.29, 0.717) is 6.54 Å². The number of quaternary nitrogens is 1. The van der Waals surface area contributed by atoms with Gasteiger partial charge in [-0.3, -0.25) is 4.79 Å². The maximum Gasteiger partial charge on any atom is 0.279 e. The van der Waals surface area contributed by atoms with Gasteiger partial charge in [-0.15, -0.1) is 0 Å². The molecule has 21 heavy (non-hydrogen) atoms. The number of benzene rings is 2. The van der Waals surface area contributed by atoms with Gasteiger partial charge >= 0.3 is 0 Å². The Bertz CT molecular complexity index is 608. The van der Waals surface area contributed by atoms with E-state index < -0.39 is 0 Å². The summed E-state index contributed by atoms with van der Waals surface area (Å²) < 4.78 is 0. The minimum atomic E-state index is 0.0338. The molecule has 2 rings (SSSR count). The van der Waals surface area contributed by atoms with Gasteiger partial charge in [0.25, 0.3) is 5.91 Å². The van der Waals surface area contributed by atoms with Crippen LogP contribution >= 0.6 is 0 Å². The molecule has 0 aliphatic rings. The largest absolute Gasteiger partial charge is 0.333 e. The quantitative estimate of drug-likeness (QED) is 0.870. The maximum atomic E-state index is 12.1. The Labute approximate surface area is 126 Å². The zero-order valence-electron chi connectivity index (χ0n) is 12.9. The lowest BCUT2D eigenvalue weighted by Crippen LogP contribution is -2.86. The molecular formula is C18H23N2O+. The predicted octanol–water partition coefficient (Wildman–Crippen LogP) is 2.57. The third kappa shape index (κ3) is 4.17. The molecule has 0 spiro atoms. The molecule has 0 saturated heterocycles. The fourth-order valence-electron chi connectivity index (χ4n) is 2.26. The Morgan fingerprint density at radius 2 is 1.81 bits per heavy atom. The van der Waals surface area contributed by atoms with Crippen molar-refractivity contribution in [2.45, 2.75) is 26.8 Å². The van der Waals surface area contributed by atoms with Gasteiger partial charge in [-0.25, -0.2) is 0 Å². The van der Waals surface area contributed by atoms with Gasteiger partial charge in [-0.2, -0.15) is 0 Å². The molecule has 2 aromatic rings. The second-order valence-electron chi connectivity index (χ2n) is 5.43. The third-order valence-electron chi connectivity index (χ3n) is 3.86. The minimum Gasteiger partial charge on any atom is -0.333 e. The van der Waals surface area contributed by atoms with Crippen molar-refractivity contribution in [2.24, 2.45) is 0 Å². The van der Waals surface area contributed by atoms with E-state index in [1.165, 1.54) is 11.1 Å². The molecule has 3 nitrogen and oxygen atoms in total. The van der Waals surface area contributed by atoms with Crippen molar-refractivity contribution in [3.8, 4) is 0 Å². The molecule has 0 radical (unpaired) electrons. The fraction of sp³-hybridized carbons (Fsp3) is 0.278. The summed E-state index contributed by atoms with van der Waals surface area (Å²) >= 11 is 0. The first-order valence-electron chi connectivity index (χ1n) is 7.32. The Morgan fingerprint density at radius 3 is 2.52 bits per heavy atom. The standard InChI is InChI=1S/C18H22N2O/c1-13-8-7-11-17(14(13)2)20-18(21)12-19-15(3)16-9-5-4-6-10-16/h4-11,15,19H,12H2,1-3H3,(H,20,21)/p+1/t15-/m1/s1. The molecule has 0 unspecified atom stereocenters. The zero-order valence-corrected chi connectivity index (χ0v) is 12.9. The second kappa shape index (κ2) is 7.04. The highest BCUT2D eigenvalue weighted by molar-refractivity contribution is 5.92. The topological polar surface area (TPSA) is 45.7 Å². The number of hydrogen-bond acceptors (Lipinski definition) is 1. The van der Waals surface area contributed by atoms with Crippen molar-refractivity contribution in [2.75, 3.05) is 11.9 Å². The molecule has 0 aliphatic carbocycles. The van der Waals surface area contributed by atoms with Crippen LogP contribution in [0.3, 0.4) is 0 Å². The Morgan fingerprint density at radius 1 is 1.10 bits per heavy atom. The highest BCUT2D eigenvalue weighted by atomic mass is 16.1. The molecule has 0 aromatic heterocycles. The molecule has 0 heterocycles. The van der Waals surface area contributed by atoms with Crippen molar-refractivity contribution in [3.05, 3.63) is 65.2 Å². The van der Waals surface area contributed by atoms with Gasteiger partial charge in [-0.1, -0.05) is 42.5 Å². The van der Waals surface area contributed by atoms with Crippen LogP contribution in [0.5, 0.6) is 0 Å². The molecule has 3 heteroatoms. The van der Waals surface area contributed by atoms with E-state index >= 15 is 0 Å². The normalized spacial score (nSPS) is 12.0. The number of nitrogens with one attached hydrogen (secondary N) is 1. The zero-order chi connectivity index (χ0) is 15.2. The number of nitrogens with two attached hydrogens (primary N) is 1. The number of hydrogen-bond donors (Lipinski definition) is 2. The van der Waals surface area contributed by atoms with Crippen LogP contribution in [0.4, 0.5) is 5.69 Å². The lowest BCUT2D eigenvalue weighted by Gasteiger charge is -2.12. The van der Waals surface area contributed by atoms with Crippen LogP contribution in [-0.4, -0.2) is 12.5 Å². The number of anilines is 1. The van der Waals surface area contributed by atoms with Gasteiger partial charge in [0.05, 0.1) is 0 Å². The van der Waals surface area contributed by atoms with Gasteiger partial charge in [0.2, 0.25) is 0 Å². The van der Waals surface area contributed by atoms with Gasteiger partial charge in [0.15, 0.2) is 6.54 Å². The van der Waals surface area contributed by atoms with Gasteiger partial charge < -0.3 is 10.6 Å². The van der Waals surface area contributed by atoms with Gasteiger partial charge in [0.1, 0.15) is 6.04 Å². The van der Waals surface area contributed by atoms with Crippen LogP contribution in [-0.2, 0) is 4.79 Å². The smallest absolute Gasteiger partial charge is 0.279 e. The minimum absolute atomic E-state index is 0.0338. The summed E-state index contributed by atoms with van der Waals surface area (Å²) in [5, 5.41) is 5.04. The van der Waals surface area contributed by atoms with E-state index in [9.17, 15) is 4.79 Å². The summed E-state index contributed by atoms with van der Waals surface area (Å²) in [6, 6.07) is 16.5. The molecule has 0 fully saturated rings. The van der Waals surface area contributed by atoms with Crippen molar-refractivity contribution in [1.29, 1.82) is 0 Å². The Hall–Kier alpha value is -2.13. The van der Waals surface area contributed by atoms with E-state index in [1.54, 1.807) is 0 Å². The SMILES string of the molecule is Cc1cccc(NC(=O)C[NH2+][C@H](C)c2ccccc2)c1C. The molecular weight excluding hydrogens is 260 g/mol. The second-order valence-corrected chi connectivity index (χ2v) is 5.43. The molecule has 0 aliphatic heterocycles. The van der Waals surface area contributed by atoms with Crippen molar-refractivity contribution in [1.82, 2.24) is 0 Å². The average molecular weight is 283 g/mol.